The van der Waals surface area contributed by atoms with E-state index in [2.05, 4.69) is 17.4 Å². The highest BCUT2D eigenvalue weighted by Crippen LogP contribution is 2.22. The number of likely N-dealkylation sites (N-methyl/N-ethyl adjacent to an activating group) is 1. The third-order valence-electron chi connectivity index (χ3n) is 4.20. The molecule has 5 heteroatoms. The number of rotatable bonds is 9. The minimum atomic E-state index is -0.670. The van der Waals surface area contributed by atoms with Crippen molar-refractivity contribution in [3.8, 4) is 16.9 Å². The van der Waals surface area contributed by atoms with Crippen molar-refractivity contribution in [3.05, 3.63) is 54.6 Å². The molecule has 0 aliphatic heterocycles. The van der Waals surface area contributed by atoms with Gasteiger partial charge in [-0.25, -0.2) is 0 Å². The summed E-state index contributed by atoms with van der Waals surface area (Å²) >= 11 is 0. The number of hydrogen-bond acceptors (Lipinski definition) is 4. The average Bonchev–Trinajstić information content (AvgIpc) is 2.65. The van der Waals surface area contributed by atoms with E-state index >= 15 is 0 Å². The van der Waals surface area contributed by atoms with Crippen molar-refractivity contribution in [3.63, 3.8) is 0 Å². The van der Waals surface area contributed by atoms with Gasteiger partial charge in [0.1, 0.15) is 18.5 Å². The molecule has 0 aliphatic rings. The fourth-order valence-electron chi connectivity index (χ4n) is 2.88. The van der Waals surface area contributed by atoms with E-state index in [4.69, 9.17) is 4.74 Å². The van der Waals surface area contributed by atoms with E-state index in [1.807, 2.05) is 75.1 Å². The molecule has 0 heterocycles. The second kappa shape index (κ2) is 10.2. The molecule has 2 aromatic carbocycles. The molecule has 28 heavy (non-hydrogen) atoms. The molecular weight excluding hydrogens is 352 g/mol. The van der Waals surface area contributed by atoms with E-state index in [0.29, 0.717) is 18.8 Å². The number of carbonyl (C=O) groups is 1. The quantitative estimate of drug-likeness (QED) is 0.696. The van der Waals surface area contributed by atoms with Crippen LogP contribution in [0.15, 0.2) is 54.6 Å². The summed E-state index contributed by atoms with van der Waals surface area (Å²) in [6.07, 6.45) is -0.670. The summed E-state index contributed by atoms with van der Waals surface area (Å²) in [6.45, 7) is 9.34. The molecule has 0 aromatic heterocycles. The molecule has 0 saturated heterocycles. The molecule has 1 unspecified atom stereocenters. The van der Waals surface area contributed by atoms with Gasteiger partial charge in [-0.05, 0) is 50.6 Å². The number of nitrogens with zero attached hydrogens (tertiary/aromatic N) is 1. The predicted octanol–water partition coefficient (Wildman–Crippen LogP) is 3.33. The van der Waals surface area contributed by atoms with Crippen LogP contribution in [0.4, 0.5) is 0 Å². The van der Waals surface area contributed by atoms with E-state index in [0.717, 1.165) is 11.1 Å². The van der Waals surface area contributed by atoms with Gasteiger partial charge in [0.2, 0.25) is 5.91 Å². The molecule has 1 amide bonds. The zero-order valence-corrected chi connectivity index (χ0v) is 17.3. The van der Waals surface area contributed by atoms with Gasteiger partial charge >= 0.3 is 0 Å². The van der Waals surface area contributed by atoms with E-state index in [9.17, 15) is 9.90 Å². The van der Waals surface area contributed by atoms with Crippen LogP contribution in [0.3, 0.4) is 0 Å². The van der Waals surface area contributed by atoms with Crippen LogP contribution in [0.25, 0.3) is 11.1 Å². The number of amides is 1. The molecule has 0 radical (unpaired) electrons. The molecule has 0 bridgehead atoms. The lowest BCUT2D eigenvalue weighted by atomic mass is 10.1. The Morgan fingerprint density at radius 2 is 1.68 bits per heavy atom. The second-order valence-electron chi connectivity index (χ2n) is 7.98. The number of aliphatic hydroxyl groups excluding tert-OH is 1. The molecule has 0 fully saturated rings. The SMILES string of the molecule is CCN(CC(=O)NC(C)(C)C)CC(O)COc1ccc(-c2ccccc2)cc1. The van der Waals surface area contributed by atoms with E-state index in [-0.39, 0.29) is 24.6 Å². The summed E-state index contributed by atoms with van der Waals surface area (Å²) in [6, 6.07) is 18.0. The average molecular weight is 385 g/mol. The van der Waals surface area contributed by atoms with Gasteiger partial charge in [-0.3, -0.25) is 9.69 Å². The van der Waals surface area contributed by atoms with Crippen LogP contribution >= 0.6 is 0 Å². The van der Waals surface area contributed by atoms with Gasteiger partial charge in [-0.2, -0.15) is 0 Å². The molecule has 2 aromatic rings. The fraction of sp³-hybridized carbons (Fsp3) is 0.435. The Kier molecular flexibility index (Phi) is 8.03. The number of hydrogen-bond donors (Lipinski definition) is 2. The summed E-state index contributed by atoms with van der Waals surface area (Å²) in [5, 5.41) is 13.2. The maximum absolute atomic E-state index is 12.1. The van der Waals surface area contributed by atoms with Crippen molar-refractivity contribution < 1.29 is 14.6 Å². The van der Waals surface area contributed by atoms with Gasteiger partial charge in [-0.15, -0.1) is 0 Å². The first-order chi connectivity index (χ1) is 13.3. The third kappa shape index (κ3) is 7.71. The summed E-state index contributed by atoms with van der Waals surface area (Å²) in [5.74, 6) is 0.672. The topological polar surface area (TPSA) is 61.8 Å². The van der Waals surface area contributed by atoms with Gasteiger partial charge in [0, 0.05) is 12.1 Å². The van der Waals surface area contributed by atoms with Crippen LogP contribution in [0.2, 0.25) is 0 Å². The summed E-state index contributed by atoms with van der Waals surface area (Å²) in [4.78, 5) is 14.0. The molecule has 0 saturated carbocycles. The first kappa shape index (κ1) is 21.9. The van der Waals surface area contributed by atoms with Crippen LogP contribution < -0.4 is 10.1 Å². The van der Waals surface area contributed by atoms with Crippen LogP contribution in [0.5, 0.6) is 5.75 Å². The van der Waals surface area contributed by atoms with Crippen molar-refractivity contribution in [1.82, 2.24) is 10.2 Å². The first-order valence-electron chi connectivity index (χ1n) is 9.76. The normalized spacial score (nSPS) is 12.6. The van der Waals surface area contributed by atoms with Gasteiger partial charge in [0.15, 0.2) is 0 Å². The number of aliphatic hydroxyl groups is 1. The molecule has 0 aliphatic carbocycles. The van der Waals surface area contributed by atoms with E-state index in [1.54, 1.807) is 0 Å². The van der Waals surface area contributed by atoms with Crippen LogP contribution in [-0.4, -0.2) is 53.8 Å². The molecule has 0 spiro atoms. The highest BCUT2D eigenvalue weighted by molar-refractivity contribution is 5.78. The maximum Gasteiger partial charge on any atom is 0.234 e. The van der Waals surface area contributed by atoms with E-state index in [1.165, 1.54) is 0 Å². The molecule has 2 N–H and O–H groups in total. The summed E-state index contributed by atoms with van der Waals surface area (Å²) in [5.41, 5.74) is 2.01. The van der Waals surface area contributed by atoms with Gasteiger partial charge < -0.3 is 15.2 Å². The minimum absolute atomic E-state index is 0.0426. The monoisotopic (exact) mass is 384 g/mol. The van der Waals surface area contributed by atoms with Gasteiger partial charge in [0.05, 0.1) is 6.54 Å². The Labute approximate surface area is 168 Å². The molecule has 2 rings (SSSR count). The number of nitrogens with one attached hydrogen (secondary N) is 1. The lowest BCUT2D eigenvalue weighted by Crippen LogP contribution is -2.47. The zero-order valence-electron chi connectivity index (χ0n) is 17.3. The van der Waals surface area contributed by atoms with Crippen molar-refractivity contribution in [1.29, 1.82) is 0 Å². The first-order valence-corrected chi connectivity index (χ1v) is 9.76. The molecular formula is C23H32N2O3. The van der Waals surface area contributed by atoms with Crippen molar-refractivity contribution in [2.24, 2.45) is 0 Å². The fourth-order valence-corrected chi connectivity index (χ4v) is 2.88. The lowest BCUT2D eigenvalue weighted by molar-refractivity contribution is -0.124. The number of carbonyl (C=O) groups excluding carboxylic acids is 1. The summed E-state index contributed by atoms with van der Waals surface area (Å²) < 4.78 is 5.71. The minimum Gasteiger partial charge on any atom is -0.491 e. The Balaban J connectivity index is 1.80. The zero-order chi connectivity index (χ0) is 20.6. The standard InChI is InChI=1S/C23H32N2O3/c1-5-25(16-22(27)24-23(2,3)4)15-20(26)17-28-21-13-11-19(12-14-21)18-9-7-6-8-10-18/h6-14,20,26H,5,15-17H2,1-4H3,(H,24,27). The van der Waals surface area contributed by atoms with Gasteiger partial charge in [-0.1, -0.05) is 49.4 Å². The Hall–Kier alpha value is -2.37. The number of benzene rings is 2. The number of ether oxygens (including phenoxy) is 1. The van der Waals surface area contributed by atoms with Crippen molar-refractivity contribution in [2.75, 3.05) is 26.2 Å². The highest BCUT2D eigenvalue weighted by atomic mass is 16.5. The van der Waals surface area contributed by atoms with Crippen molar-refractivity contribution in [2.45, 2.75) is 39.3 Å². The highest BCUT2D eigenvalue weighted by Gasteiger charge is 2.18. The molecule has 152 valence electrons. The third-order valence-corrected chi connectivity index (χ3v) is 4.20. The van der Waals surface area contributed by atoms with Crippen molar-refractivity contribution >= 4 is 5.91 Å². The predicted molar refractivity (Wildman–Crippen MR) is 113 cm³/mol. The smallest absolute Gasteiger partial charge is 0.234 e. The van der Waals surface area contributed by atoms with Gasteiger partial charge in [0.25, 0.3) is 0 Å². The Bertz CT molecular complexity index is 724. The maximum atomic E-state index is 12.1. The largest absolute Gasteiger partial charge is 0.491 e. The Morgan fingerprint density at radius 1 is 1.07 bits per heavy atom. The second-order valence-corrected chi connectivity index (χ2v) is 7.98. The lowest BCUT2D eigenvalue weighted by Gasteiger charge is -2.26. The van der Waals surface area contributed by atoms with E-state index < -0.39 is 6.10 Å². The molecule has 1 atom stereocenters. The van der Waals surface area contributed by atoms with Crippen LogP contribution in [-0.2, 0) is 4.79 Å². The molecule has 5 nitrogen and oxygen atoms in total. The Morgan fingerprint density at radius 3 is 2.25 bits per heavy atom. The van der Waals surface area contributed by atoms with Crippen LogP contribution in [0.1, 0.15) is 27.7 Å². The van der Waals surface area contributed by atoms with Crippen LogP contribution in [0, 0.1) is 0 Å². The summed E-state index contributed by atoms with van der Waals surface area (Å²) in [7, 11) is 0.